The van der Waals surface area contributed by atoms with Crippen LogP contribution in [0.2, 0.25) is 5.28 Å². The molecule has 0 saturated carbocycles. The maximum atomic E-state index is 12.1. The summed E-state index contributed by atoms with van der Waals surface area (Å²) in [5, 5.41) is 5.36. The Kier molecular flexibility index (Phi) is 5.07. The third-order valence-electron chi connectivity index (χ3n) is 6.85. The van der Waals surface area contributed by atoms with Gasteiger partial charge >= 0.3 is 0 Å². The van der Waals surface area contributed by atoms with E-state index >= 15 is 0 Å². The van der Waals surface area contributed by atoms with Crippen molar-refractivity contribution in [1.29, 1.82) is 0 Å². The van der Waals surface area contributed by atoms with E-state index < -0.39 is 0 Å². The maximum Gasteiger partial charge on any atom is 0.222 e. The number of fused-ring (bicyclic) bond motifs is 2. The highest BCUT2D eigenvalue weighted by molar-refractivity contribution is 6.28. The van der Waals surface area contributed by atoms with Crippen LogP contribution < -0.4 is 4.90 Å². The Morgan fingerprint density at radius 1 is 1.18 bits per heavy atom. The fraction of sp³-hybridized carbons (Fsp3) is 0.417. The smallest absolute Gasteiger partial charge is 0.222 e. The molecule has 0 unspecified atom stereocenters. The normalized spacial score (nSPS) is 18.0. The second kappa shape index (κ2) is 8.11. The third-order valence-corrected chi connectivity index (χ3v) is 7.03. The lowest BCUT2D eigenvalue weighted by atomic mass is 9.97. The molecule has 5 heterocycles. The van der Waals surface area contributed by atoms with E-state index in [1.54, 1.807) is 13.1 Å². The molecule has 3 aromatic rings. The Labute approximate surface area is 197 Å². The molecule has 0 aliphatic carbocycles. The summed E-state index contributed by atoms with van der Waals surface area (Å²) in [7, 11) is 0. The van der Waals surface area contributed by atoms with Crippen LogP contribution in [0.1, 0.15) is 36.2 Å². The Balaban J connectivity index is 1.41. The van der Waals surface area contributed by atoms with Gasteiger partial charge in [-0.2, -0.15) is 5.10 Å². The van der Waals surface area contributed by atoms with Crippen molar-refractivity contribution < 1.29 is 9.53 Å². The molecule has 0 radical (unpaired) electrons. The lowest BCUT2D eigenvalue weighted by Gasteiger charge is -2.33. The van der Waals surface area contributed by atoms with E-state index in [1.165, 1.54) is 22.5 Å². The first-order valence-electron chi connectivity index (χ1n) is 11.4. The first-order chi connectivity index (χ1) is 16.1. The number of aromatic nitrogens is 4. The van der Waals surface area contributed by atoms with Gasteiger partial charge in [-0.05, 0) is 48.2 Å². The summed E-state index contributed by atoms with van der Waals surface area (Å²) in [5.41, 5.74) is 6.70. The highest BCUT2D eigenvalue weighted by atomic mass is 35.5. The van der Waals surface area contributed by atoms with Crippen LogP contribution in [-0.4, -0.2) is 56.9 Å². The van der Waals surface area contributed by atoms with Crippen molar-refractivity contribution in [2.45, 2.75) is 38.8 Å². The summed E-state index contributed by atoms with van der Waals surface area (Å²) in [6, 6.07) is 8.60. The lowest BCUT2D eigenvalue weighted by molar-refractivity contribution is -0.129. The molecule has 8 nitrogen and oxygen atoms in total. The molecule has 33 heavy (non-hydrogen) atoms. The zero-order chi connectivity index (χ0) is 22.5. The number of anilines is 2. The molecule has 1 fully saturated rings. The van der Waals surface area contributed by atoms with Crippen LogP contribution in [0.5, 0.6) is 0 Å². The van der Waals surface area contributed by atoms with Crippen LogP contribution in [0.4, 0.5) is 11.5 Å². The van der Waals surface area contributed by atoms with Crippen molar-refractivity contribution in [1.82, 2.24) is 24.6 Å². The molecule has 9 heteroatoms. The molecule has 6 rings (SSSR count). The fourth-order valence-electron chi connectivity index (χ4n) is 5.05. The summed E-state index contributed by atoms with van der Waals surface area (Å²) in [4.78, 5) is 24.7. The van der Waals surface area contributed by atoms with Gasteiger partial charge in [0.15, 0.2) is 5.82 Å². The standard InChI is InChI=1S/C24H25ClN6O2/c1-15(32)29-10-7-22-19(12-29)23(28-31(22)18-13-33-14-18)30-9-2-3-17-11-16(4-5-21(17)30)20-6-8-26-24(25)27-20/h4-6,8,11,18H,2-3,7,9-10,12-14H2,1H3. The average molecular weight is 465 g/mol. The van der Waals surface area contributed by atoms with E-state index in [0.717, 1.165) is 49.4 Å². The van der Waals surface area contributed by atoms with Gasteiger partial charge in [0.1, 0.15) is 0 Å². The van der Waals surface area contributed by atoms with E-state index in [0.29, 0.717) is 19.8 Å². The van der Waals surface area contributed by atoms with Crippen LogP contribution >= 0.6 is 11.6 Å². The monoisotopic (exact) mass is 464 g/mol. The Morgan fingerprint density at radius 3 is 2.82 bits per heavy atom. The molecule has 3 aliphatic heterocycles. The Bertz CT molecular complexity index is 1240. The number of ether oxygens (including phenoxy) is 1. The van der Waals surface area contributed by atoms with E-state index in [2.05, 4.69) is 37.7 Å². The minimum atomic E-state index is 0.110. The largest absolute Gasteiger partial charge is 0.377 e. The van der Waals surface area contributed by atoms with Crippen LogP contribution in [0, 0.1) is 0 Å². The van der Waals surface area contributed by atoms with Crippen LogP contribution in [-0.2, 0) is 28.9 Å². The van der Waals surface area contributed by atoms with Gasteiger partial charge in [0.2, 0.25) is 11.2 Å². The number of halogens is 1. The maximum absolute atomic E-state index is 12.1. The van der Waals surface area contributed by atoms with Gasteiger partial charge in [0.25, 0.3) is 0 Å². The van der Waals surface area contributed by atoms with Crippen LogP contribution in [0.15, 0.2) is 30.5 Å². The fourth-order valence-corrected chi connectivity index (χ4v) is 5.20. The van der Waals surface area contributed by atoms with Crippen LogP contribution in [0.3, 0.4) is 0 Å². The van der Waals surface area contributed by atoms with Gasteiger partial charge in [-0.15, -0.1) is 0 Å². The molecular weight excluding hydrogens is 440 g/mol. The molecule has 0 atom stereocenters. The van der Waals surface area contributed by atoms with Crippen molar-refractivity contribution in [2.75, 3.05) is 31.2 Å². The highest BCUT2D eigenvalue weighted by Crippen LogP contribution is 2.40. The summed E-state index contributed by atoms with van der Waals surface area (Å²) < 4.78 is 7.62. The minimum absolute atomic E-state index is 0.110. The molecule has 2 aromatic heterocycles. The number of aryl methyl sites for hydroxylation is 1. The predicted molar refractivity (Wildman–Crippen MR) is 125 cm³/mol. The molecular formula is C24H25ClN6O2. The first kappa shape index (κ1) is 20.6. The average Bonchev–Trinajstić information content (AvgIpc) is 3.15. The third kappa shape index (κ3) is 3.57. The number of hydrogen-bond acceptors (Lipinski definition) is 6. The summed E-state index contributed by atoms with van der Waals surface area (Å²) >= 11 is 6.01. The predicted octanol–water partition coefficient (Wildman–Crippen LogP) is 3.55. The van der Waals surface area contributed by atoms with Crippen LogP contribution in [0.25, 0.3) is 11.3 Å². The SMILES string of the molecule is CC(=O)N1CCc2c(c(N3CCCc4cc(-c5ccnc(Cl)n5)ccc43)nn2C2COC2)C1. The van der Waals surface area contributed by atoms with Crippen molar-refractivity contribution in [3.8, 4) is 11.3 Å². The molecule has 1 aromatic carbocycles. The number of rotatable bonds is 3. The molecule has 0 N–H and O–H groups in total. The second-order valence-electron chi connectivity index (χ2n) is 8.88. The summed E-state index contributed by atoms with van der Waals surface area (Å²) in [6.45, 7) is 5.29. The molecule has 1 amide bonds. The molecule has 170 valence electrons. The number of carbonyl (C=O) groups excluding carboxylic acids is 1. The highest BCUT2D eigenvalue weighted by Gasteiger charge is 2.34. The van der Waals surface area contributed by atoms with E-state index in [1.807, 2.05) is 11.0 Å². The van der Waals surface area contributed by atoms with E-state index in [4.69, 9.17) is 21.4 Å². The van der Waals surface area contributed by atoms with Gasteiger partial charge in [-0.3, -0.25) is 9.48 Å². The number of amides is 1. The summed E-state index contributed by atoms with van der Waals surface area (Å²) in [5.74, 6) is 1.08. The number of benzene rings is 1. The van der Waals surface area contributed by atoms with Crippen molar-refractivity contribution >= 4 is 29.0 Å². The Morgan fingerprint density at radius 2 is 2.06 bits per heavy atom. The number of nitrogens with zero attached hydrogens (tertiary/aromatic N) is 6. The molecule has 0 bridgehead atoms. The Hall–Kier alpha value is -2.97. The van der Waals surface area contributed by atoms with Gasteiger partial charge in [-0.25, -0.2) is 9.97 Å². The number of carbonyl (C=O) groups is 1. The van der Waals surface area contributed by atoms with E-state index in [-0.39, 0.29) is 17.2 Å². The van der Waals surface area contributed by atoms with Gasteiger partial charge in [-0.1, -0.05) is 6.07 Å². The topological polar surface area (TPSA) is 76.4 Å². The van der Waals surface area contributed by atoms with Crippen molar-refractivity contribution in [3.05, 3.63) is 52.6 Å². The van der Waals surface area contributed by atoms with Gasteiger partial charge in [0.05, 0.1) is 31.5 Å². The molecule has 1 saturated heterocycles. The minimum Gasteiger partial charge on any atom is -0.377 e. The lowest BCUT2D eigenvalue weighted by Crippen LogP contribution is -2.37. The zero-order valence-electron chi connectivity index (χ0n) is 18.5. The molecule has 0 spiro atoms. The van der Waals surface area contributed by atoms with Crippen molar-refractivity contribution in [2.24, 2.45) is 0 Å². The first-order valence-corrected chi connectivity index (χ1v) is 11.8. The zero-order valence-corrected chi connectivity index (χ0v) is 19.3. The van der Waals surface area contributed by atoms with E-state index in [9.17, 15) is 4.79 Å². The summed E-state index contributed by atoms with van der Waals surface area (Å²) in [6.07, 6.45) is 4.54. The van der Waals surface area contributed by atoms with Crippen molar-refractivity contribution in [3.63, 3.8) is 0 Å². The second-order valence-corrected chi connectivity index (χ2v) is 9.22. The van der Waals surface area contributed by atoms with Gasteiger partial charge in [0, 0.05) is 55.1 Å². The quantitative estimate of drug-likeness (QED) is 0.552. The molecule has 3 aliphatic rings. The van der Waals surface area contributed by atoms with Gasteiger partial charge < -0.3 is 14.5 Å². The number of hydrogen-bond donors (Lipinski definition) is 0.